The largest absolute Gasteiger partial charge is 0.298 e. The molecule has 2 nitrogen and oxygen atoms in total. The summed E-state index contributed by atoms with van der Waals surface area (Å²) in [6, 6.07) is 6.00. The highest BCUT2D eigenvalue weighted by Gasteiger charge is 2.33. The van der Waals surface area contributed by atoms with E-state index in [9.17, 15) is 0 Å². The van der Waals surface area contributed by atoms with E-state index in [1.54, 1.807) is 4.88 Å². The van der Waals surface area contributed by atoms with E-state index in [4.69, 9.17) is 0 Å². The van der Waals surface area contributed by atoms with Crippen molar-refractivity contribution in [2.75, 3.05) is 26.2 Å². The average molecular weight is 250 g/mol. The molecule has 2 unspecified atom stereocenters. The van der Waals surface area contributed by atoms with Crippen molar-refractivity contribution in [3.8, 4) is 0 Å². The van der Waals surface area contributed by atoms with E-state index in [1.807, 2.05) is 11.3 Å². The molecule has 17 heavy (non-hydrogen) atoms. The van der Waals surface area contributed by atoms with Crippen LogP contribution < -0.4 is 0 Å². The van der Waals surface area contributed by atoms with Crippen molar-refractivity contribution in [3.63, 3.8) is 0 Å². The summed E-state index contributed by atoms with van der Waals surface area (Å²) in [5.41, 5.74) is 0. The smallest absolute Gasteiger partial charge is 0.0440 e. The third-order valence-electron chi connectivity index (χ3n) is 4.32. The molecule has 1 aromatic rings. The summed E-state index contributed by atoms with van der Waals surface area (Å²) >= 11 is 1.92. The molecule has 2 aliphatic heterocycles. The fraction of sp³-hybridized carbons (Fsp3) is 0.714. The van der Waals surface area contributed by atoms with Crippen molar-refractivity contribution in [2.45, 2.75) is 38.3 Å². The highest BCUT2D eigenvalue weighted by atomic mass is 32.1. The molecule has 3 rings (SSSR count). The molecule has 0 bridgehead atoms. The average Bonchev–Trinajstić information content (AvgIpc) is 2.99. The summed E-state index contributed by atoms with van der Waals surface area (Å²) in [6.45, 7) is 7.50. The molecule has 0 saturated carbocycles. The minimum Gasteiger partial charge on any atom is -0.298 e. The Morgan fingerprint density at radius 3 is 3.12 bits per heavy atom. The fourth-order valence-electron chi connectivity index (χ4n) is 3.42. The second-order valence-electron chi connectivity index (χ2n) is 5.27. The Morgan fingerprint density at radius 1 is 1.41 bits per heavy atom. The van der Waals surface area contributed by atoms with Crippen molar-refractivity contribution in [1.29, 1.82) is 0 Å². The van der Waals surface area contributed by atoms with Gasteiger partial charge in [0.05, 0.1) is 0 Å². The van der Waals surface area contributed by atoms with Crippen LogP contribution in [0.1, 0.15) is 37.1 Å². The van der Waals surface area contributed by atoms with Gasteiger partial charge in [0.1, 0.15) is 0 Å². The van der Waals surface area contributed by atoms with Gasteiger partial charge < -0.3 is 0 Å². The third-order valence-corrected chi connectivity index (χ3v) is 5.29. The molecule has 3 heteroatoms. The van der Waals surface area contributed by atoms with E-state index in [-0.39, 0.29) is 0 Å². The van der Waals surface area contributed by atoms with E-state index in [0.717, 1.165) is 6.04 Å². The van der Waals surface area contributed by atoms with Gasteiger partial charge >= 0.3 is 0 Å². The van der Waals surface area contributed by atoms with Crippen LogP contribution in [0.2, 0.25) is 0 Å². The summed E-state index contributed by atoms with van der Waals surface area (Å²) < 4.78 is 0. The lowest BCUT2D eigenvalue weighted by Gasteiger charge is -2.41. The predicted molar refractivity (Wildman–Crippen MR) is 73.5 cm³/mol. The zero-order valence-corrected chi connectivity index (χ0v) is 11.5. The van der Waals surface area contributed by atoms with Crippen LogP contribution in [-0.4, -0.2) is 42.0 Å². The van der Waals surface area contributed by atoms with Gasteiger partial charge in [0, 0.05) is 36.6 Å². The van der Waals surface area contributed by atoms with E-state index in [0.29, 0.717) is 6.04 Å². The van der Waals surface area contributed by atoms with Gasteiger partial charge in [-0.1, -0.05) is 13.0 Å². The number of thiophene rings is 1. The molecule has 0 aromatic carbocycles. The van der Waals surface area contributed by atoms with E-state index >= 15 is 0 Å². The third kappa shape index (κ3) is 2.28. The molecular formula is C14H22N2S. The van der Waals surface area contributed by atoms with Crippen molar-refractivity contribution >= 4 is 11.3 Å². The monoisotopic (exact) mass is 250 g/mol. The zero-order chi connectivity index (χ0) is 11.7. The van der Waals surface area contributed by atoms with Gasteiger partial charge in [-0.05, 0) is 37.3 Å². The number of hydrogen-bond acceptors (Lipinski definition) is 3. The number of rotatable bonds is 3. The SMILES string of the molecule is CCC(c1cccs1)N1CCN2CCCC2C1. The van der Waals surface area contributed by atoms with Crippen LogP contribution in [0.5, 0.6) is 0 Å². The molecule has 1 aromatic heterocycles. The maximum absolute atomic E-state index is 2.72. The van der Waals surface area contributed by atoms with Gasteiger partial charge in [-0.3, -0.25) is 9.80 Å². The lowest BCUT2D eigenvalue weighted by atomic mass is 10.1. The van der Waals surface area contributed by atoms with E-state index in [2.05, 4.69) is 34.2 Å². The molecule has 2 aliphatic rings. The van der Waals surface area contributed by atoms with Gasteiger partial charge in [0.2, 0.25) is 0 Å². The second kappa shape index (κ2) is 5.09. The van der Waals surface area contributed by atoms with Gasteiger partial charge in [0.15, 0.2) is 0 Å². The van der Waals surface area contributed by atoms with E-state index < -0.39 is 0 Å². The summed E-state index contributed by atoms with van der Waals surface area (Å²) in [5.74, 6) is 0. The molecular weight excluding hydrogens is 228 g/mol. The Balaban J connectivity index is 1.71. The minimum atomic E-state index is 0.665. The maximum Gasteiger partial charge on any atom is 0.0440 e. The van der Waals surface area contributed by atoms with Crippen LogP contribution in [0.3, 0.4) is 0 Å². The Morgan fingerprint density at radius 2 is 2.35 bits per heavy atom. The number of fused-ring (bicyclic) bond motifs is 1. The number of hydrogen-bond donors (Lipinski definition) is 0. The molecule has 3 heterocycles. The molecule has 94 valence electrons. The summed E-state index contributed by atoms with van der Waals surface area (Å²) in [5, 5.41) is 2.21. The zero-order valence-electron chi connectivity index (χ0n) is 10.6. The predicted octanol–water partition coefficient (Wildman–Crippen LogP) is 2.98. The Bertz CT molecular complexity index is 349. The molecule has 0 amide bonds. The first-order valence-electron chi connectivity index (χ1n) is 6.90. The topological polar surface area (TPSA) is 6.48 Å². The van der Waals surface area contributed by atoms with Crippen molar-refractivity contribution < 1.29 is 0 Å². The fourth-order valence-corrected chi connectivity index (χ4v) is 4.36. The number of nitrogens with zero attached hydrogens (tertiary/aromatic N) is 2. The Labute approximate surface area is 108 Å². The lowest BCUT2D eigenvalue weighted by Crippen LogP contribution is -2.50. The Hall–Kier alpha value is -0.380. The van der Waals surface area contributed by atoms with Crippen LogP contribution in [0.15, 0.2) is 17.5 Å². The van der Waals surface area contributed by atoms with Gasteiger partial charge in [-0.2, -0.15) is 0 Å². The van der Waals surface area contributed by atoms with E-state index in [1.165, 1.54) is 45.4 Å². The van der Waals surface area contributed by atoms with Crippen LogP contribution in [0.25, 0.3) is 0 Å². The van der Waals surface area contributed by atoms with Crippen molar-refractivity contribution in [3.05, 3.63) is 22.4 Å². The maximum atomic E-state index is 2.72. The quantitative estimate of drug-likeness (QED) is 0.814. The molecule has 0 spiro atoms. The van der Waals surface area contributed by atoms with Crippen LogP contribution in [0.4, 0.5) is 0 Å². The minimum absolute atomic E-state index is 0.665. The van der Waals surface area contributed by atoms with Crippen LogP contribution >= 0.6 is 11.3 Å². The normalized spacial score (nSPS) is 28.2. The highest BCUT2D eigenvalue weighted by Crippen LogP contribution is 2.32. The van der Waals surface area contributed by atoms with Crippen LogP contribution in [-0.2, 0) is 0 Å². The molecule has 2 saturated heterocycles. The van der Waals surface area contributed by atoms with Gasteiger partial charge in [-0.25, -0.2) is 0 Å². The van der Waals surface area contributed by atoms with Crippen molar-refractivity contribution in [1.82, 2.24) is 9.80 Å². The molecule has 2 fully saturated rings. The second-order valence-corrected chi connectivity index (χ2v) is 6.25. The Kier molecular flexibility index (Phi) is 3.50. The number of piperazine rings is 1. The standard InChI is InChI=1S/C14H22N2S/c1-2-13(14-6-4-10-17-14)16-9-8-15-7-3-5-12(15)11-16/h4,6,10,12-13H,2-3,5,7-9,11H2,1H3. The van der Waals surface area contributed by atoms with Crippen LogP contribution in [0, 0.1) is 0 Å². The molecule has 0 radical (unpaired) electrons. The van der Waals surface area contributed by atoms with Crippen molar-refractivity contribution in [2.24, 2.45) is 0 Å². The highest BCUT2D eigenvalue weighted by molar-refractivity contribution is 7.10. The van der Waals surface area contributed by atoms with Gasteiger partial charge in [-0.15, -0.1) is 11.3 Å². The summed E-state index contributed by atoms with van der Waals surface area (Å²) in [7, 11) is 0. The first-order valence-corrected chi connectivity index (χ1v) is 7.78. The van der Waals surface area contributed by atoms with Gasteiger partial charge in [0.25, 0.3) is 0 Å². The molecule has 0 N–H and O–H groups in total. The summed E-state index contributed by atoms with van der Waals surface area (Å²) in [4.78, 5) is 6.97. The molecule has 0 aliphatic carbocycles. The first kappa shape index (κ1) is 11.7. The molecule has 2 atom stereocenters. The first-order chi connectivity index (χ1) is 8.38. The summed E-state index contributed by atoms with van der Waals surface area (Å²) in [6.07, 6.45) is 4.07. The lowest BCUT2D eigenvalue weighted by molar-refractivity contribution is 0.0707.